The second kappa shape index (κ2) is 6.03. The SMILES string of the molecule is O=C(c1ccccc1)[C@@H](Cl)[C@@H](Cl)c1ccccc1. The second-order valence-electron chi connectivity index (χ2n) is 3.94. The highest BCUT2D eigenvalue weighted by atomic mass is 35.5. The molecule has 0 unspecified atom stereocenters. The number of ketones is 1. The molecule has 0 spiro atoms. The lowest BCUT2D eigenvalue weighted by Crippen LogP contribution is -2.19. The monoisotopic (exact) mass is 278 g/mol. The van der Waals surface area contributed by atoms with Crippen molar-refractivity contribution in [3.8, 4) is 0 Å². The van der Waals surface area contributed by atoms with Crippen molar-refractivity contribution < 1.29 is 4.79 Å². The van der Waals surface area contributed by atoms with Crippen molar-refractivity contribution in [1.29, 1.82) is 0 Å². The predicted molar refractivity (Wildman–Crippen MR) is 75.4 cm³/mol. The first-order chi connectivity index (χ1) is 8.70. The molecule has 0 aliphatic heterocycles. The molecule has 0 aliphatic rings. The normalized spacial score (nSPS) is 13.9. The van der Waals surface area contributed by atoms with Crippen LogP contribution in [-0.4, -0.2) is 11.2 Å². The van der Waals surface area contributed by atoms with Gasteiger partial charge in [-0.05, 0) is 5.56 Å². The van der Waals surface area contributed by atoms with E-state index in [2.05, 4.69) is 0 Å². The summed E-state index contributed by atoms with van der Waals surface area (Å²) in [5.41, 5.74) is 1.43. The Labute approximate surface area is 116 Å². The van der Waals surface area contributed by atoms with Crippen molar-refractivity contribution in [2.75, 3.05) is 0 Å². The lowest BCUT2D eigenvalue weighted by atomic mass is 10.0. The zero-order valence-electron chi connectivity index (χ0n) is 9.59. The summed E-state index contributed by atoms with van der Waals surface area (Å²) >= 11 is 12.4. The number of carbonyl (C=O) groups is 1. The van der Waals surface area contributed by atoms with Gasteiger partial charge in [-0.2, -0.15) is 0 Å². The molecule has 2 atom stereocenters. The summed E-state index contributed by atoms with van der Waals surface area (Å²) in [6, 6.07) is 18.3. The van der Waals surface area contributed by atoms with E-state index in [0.29, 0.717) is 5.56 Å². The number of hydrogen-bond acceptors (Lipinski definition) is 1. The first-order valence-corrected chi connectivity index (χ1v) is 6.50. The second-order valence-corrected chi connectivity index (χ2v) is 4.88. The molecule has 0 saturated carbocycles. The highest BCUT2D eigenvalue weighted by molar-refractivity contribution is 6.39. The molecule has 2 aromatic carbocycles. The van der Waals surface area contributed by atoms with Crippen LogP contribution in [0.15, 0.2) is 60.7 Å². The van der Waals surface area contributed by atoms with Gasteiger partial charge in [-0.15, -0.1) is 23.2 Å². The molecule has 1 nitrogen and oxygen atoms in total. The Bertz CT molecular complexity index is 511. The lowest BCUT2D eigenvalue weighted by Gasteiger charge is -2.15. The van der Waals surface area contributed by atoms with Crippen LogP contribution in [0.1, 0.15) is 21.3 Å². The number of Topliss-reactive ketones (excluding diaryl/α,β-unsaturated/α-hetero) is 1. The Hall–Kier alpha value is -1.31. The minimum absolute atomic E-state index is 0.152. The summed E-state index contributed by atoms with van der Waals surface area (Å²) in [6.45, 7) is 0. The molecule has 18 heavy (non-hydrogen) atoms. The van der Waals surface area contributed by atoms with Gasteiger partial charge in [0, 0.05) is 5.56 Å². The van der Waals surface area contributed by atoms with Crippen LogP contribution >= 0.6 is 23.2 Å². The summed E-state index contributed by atoms with van der Waals surface area (Å²) in [4.78, 5) is 12.1. The Morgan fingerprint density at radius 1 is 0.833 bits per heavy atom. The molecule has 3 heteroatoms. The lowest BCUT2D eigenvalue weighted by molar-refractivity contribution is 0.0985. The van der Waals surface area contributed by atoms with Gasteiger partial charge in [0.2, 0.25) is 0 Å². The Kier molecular flexibility index (Phi) is 4.40. The maximum atomic E-state index is 12.1. The van der Waals surface area contributed by atoms with E-state index < -0.39 is 10.8 Å². The number of benzene rings is 2. The Morgan fingerprint density at radius 3 is 1.89 bits per heavy atom. The fourth-order valence-electron chi connectivity index (χ4n) is 1.70. The molecule has 0 heterocycles. The standard InChI is InChI=1S/C15H12Cl2O/c16-13(11-7-3-1-4-8-11)14(17)15(18)12-9-5-2-6-10-12/h1-10,13-14H/t13-,14-/m0/s1. The van der Waals surface area contributed by atoms with Crippen LogP contribution in [-0.2, 0) is 0 Å². The molecule has 0 radical (unpaired) electrons. The van der Waals surface area contributed by atoms with Crippen LogP contribution in [0.4, 0.5) is 0 Å². The number of hydrogen-bond donors (Lipinski definition) is 0. The van der Waals surface area contributed by atoms with Gasteiger partial charge < -0.3 is 0 Å². The van der Waals surface area contributed by atoms with Crippen LogP contribution < -0.4 is 0 Å². The minimum atomic E-state index is -0.767. The van der Waals surface area contributed by atoms with E-state index in [0.717, 1.165) is 5.56 Å². The van der Waals surface area contributed by atoms with E-state index in [1.54, 1.807) is 12.1 Å². The van der Waals surface area contributed by atoms with E-state index in [9.17, 15) is 4.79 Å². The Morgan fingerprint density at radius 2 is 1.33 bits per heavy atom. The van der Waals surface area contributed by atoms with Crippen LogP contribution in [0.5, 0.6) is 0 Å². The first-order valence-electron chi connectivity index (χ1n) is 5.62. The fourth-order valence-corrected chi connectivity index (χ4v) is 2.23. The third-order valence-corrected chi connectivity index (χ3v) is 3.77. The molecular formula is C15H12Cl2O. The minimum Gasteiger partial charge on any atom is -0.292 e. The molecule has 0 N–H and O–H groups in total. The number of halogens is 2. The highest BCUT2D eigenvalue weighted by Crippen LogP contribution is 2.30. The van der Waals surface area contributed by atoms with Gasteiger partial charge in [-0.1, -0.05) is 60.7 Å². The van der Waals surface area contributed by atoms with Crippen molar-refractivity contribution in [2.24, 2.45) is 0 Å². The van der Waals surface area contributed by atoms with Crippen molar-refractivity contribution in [2.45, 2.75) is 10.8 Å². The molecule has 2 aromatic rings. The van der Waals surface area contributed by atoms with E-state index >= 15 is 0 Å². The van der Waals surface area contributed by atoms with Gasteiger partial charge in [-0.3, -0.25) is 4.79 Å². The first kappa shape index (κ1) is 13.1. The number of rotatable bonds is 4. The smallest absolute Gasteiger partial charge is 0.182 e. The summed E-state index contributed by atoms with van der Waals surface area (Å²) in [5, 5.41) is -1.29. The highest BCUT2D eigenvalue weighted by Gasteiger charge is 2.26. The molecule has 2 rings (SSSR count). The van der Waals surface area contributed by atoms with E-state index in [1.807, 2.05) is 48.5 Å². The fraction of sp³-hybridized carbons (Fsp3) is 0.133. The zero-order valence-corrected chi connectivity index (χ0v) is 11.1. The van der Waals surface area contributed by atoms with Crippen LogP contribution in [0.25, 0.3) is 0 Å². The third-order valence-electron chi connectivity index (χ3n) is 2.68. The van der Waals surface area contributed by atoms with Crippen molar-refractivity contribution >= 4 is 29.0 Å². The summed E-state index contributed by atoms with van der Waals surface area (Å²) in [5.74, 6) is -0.152. The average Bonchev–Trinajstić information content (AvgIpc) is 2.47. The maximum absolute atomic E-state index is 12.1. The summed E-state index contributed by atoms with van der Waals surface area (Å²) in [7, 11) is 0. The van der Waals surface area contributed by atoms with Crippen LogP contribution in [0.3, 0.4) is 0 Å². The van der Waals surface area contributed by atoms with E-state index in [-0.39, 0.29) is 5.78 Å². The average molecular weight is 279 g/mol. The molecule has 92 valence electrons. The maximum Gasteiger partial charge on any atom is 0.182 e. The molecular weight excluding hydrogens is 267 g/mol. The number of carbonyl (C=O) groups excluding carboxylic acids is 1. The van der Waals surface area contributed by atoms with Crippen LogP contribution in [0, 0.1) is 0 Å². The molecule has 0 aliphatic carbocycles. The van der Waals surface area contributed by atoms with Gasteiger partial charge in [-0.25, -0.2) is 0 Å². The molecule has 0 aromatic heterocycles. The summed E-state index contributed by atoms with van der Waals surface area (Å²) < 4.78 is 0. The van der Waals surface area contributed by atoms with Crippen molar-refractivity contribution in [3.05, 3.63) is 71.8 Å². The van der Waals surface area contributed by atoms with E-state index in [4.69, 9.17) is 23.2 Å². The Balaban J connectivity index is 2.17. The molecule has 0 bridgehead atoms. The largest absolute Gasteiger partial charge is 0.292 e. The van der Waals surface area contributed by atoms with Gasteiger partial charge in [0.05, 0.1) is 5.38 Å². The van der Waals surface area contributed by atoms with Crippen LogP contribution in [0.2, 0.25) is 0 Å². The molecule has 0 fully saturated rings. The van der Waals surface area contributed by atoms with Gasteiger partial charge >= 0.3 is 0 Å². The van der Waals surface area contributed by atoms with E-state index in [1.165, 1.54) is 0 Å². The van der Waals surface area contributed by atoms with Gasteiger partial charge in [0.1, 0.15) is 5.38 Å². The van der Waals surface area contributed by atoms with Crippen molar-refractivity contribution in [3.63, 3.8) is 0 Å². The zero-order chi connectivity index (χ0) is 13.0. The third kappa shape index (κ3) is 2.92. The molecule has 0 saturated heterocycles. The topological polar surface area (TPSA) is 17.1 Å². The van der Waals surface area contributed by atoms with Gasteiger partial charge in [0.15, 0.2) is 5.78 Å². The quantitative estimate of drug-likeness (QED) is 0.596. The molecule has 0 amide bonds. The summed E-state index contributed by atoms with van der Waals surface area (Å²) in [6.07, 6.45) is 0. The van der Waals surface area contributed by atoms with Crippen molar-refractivity contribution in [1.82, 2.24) is 0 Å². The number of alkyl halides is 2. The van der Waals surface area contributed by atoms with Gasteiger partial charge in [0.25, 0.3) is 0 Å². The predicted octanol–water partition coefficient (Wildman–Crippen LogP) is 4.46.